The van der Waals surface area contributed by atoms with Gasteiger partial charge in [0.2, 0.25) is 12.7 Å². The molecule has 0 aliphatic carbocycles. The summed E-state index contributed by atoms with van der Waals surface area (Å²) in [5.41, 5.74) is 1.30. The summed E-state index contributed by atoms with van der Waals surface area (Å²) in [5, 5.41) is 10.2. The van der Waals surface area contributed by atoms with Crippen molar-refractivity contribution >= 4 is 17.2 Å². The fraction of sp³-hybridized carbons (Fsp3) is 0.526. The molecule has 1 unspecified atom stereocenters. The zero-order chi connectivity index (χ0) is 18.1. The topological polar surface area (TPSA) is 64.6 Å². The van der Waals surface area contributed by atoms with Gasteiger partial charge in [0, 0.05) is 25.9 Å². The summed E-state index contributed by atoms with van der Waals surface area (Å²) in [7, 11) is 0. The number of fused-ring (bicyclic) bond motifs is 1. The van der Waals surface area contributed by atoms with Crippen molar-refractivity contribution in [2.24, 2.45) is 5.41 Å². The van der Waals surface area contributed by atoms with Crippen molar-refractivity contribution < 1.29 is 14.3 Å². The SMILES string of the molecule is Cc1nnc(CCN2CC(C)(Cc3ccc4c(c3)OCO4)CCC2=O)s1. The Bertz CT molecular complexity index is 822. The van der Waals surface area contributed by atoms with E-state index in [1.807, 2.05) is 17.9 Å². The molecule has 2 aromatic rings. The molecule has 4 rings (SSSR count). The number of likely N-dealkylation sites (tertiary alicyclic amines) is 1. The van der Waals surface area contributed by atoms with Crippen LogP contribution in [0.1, 0.15) is 35.3 Å². The number of carbonyl (C=O) groups is 1. The van der Waals surface area contributed by atoms with Crippen LogP contribution in [0.25, 0.3) is 0 Å². The summed E-state index contributed by atoms with van der Waals surface area (Å²) in [6.45, 7) is 6.01. The summed E-state index contributed by atoms with van der Waals surface area (Å²) in [4.78, 5) is 14.4. The maximum atomic E-state index is 12.4. The number of hydrogen-bond acceptors (Lipinski definition) is 6. The lowest BCUT2D eigenvalue weighted by Gasteiger charge is -2.40. The number of amides is 1. The molecule has 0 radical (unpaired) electrons. The minimum atomic E-state index is 0.0681. The second-order valence-electron chi connectivity index (χ2n) is 7.46. The monoisotopic (exact) mass is 373 g/mol. The van der Waals surface area contributed by atoms with E-state index in [0.29, 0.717) is 19.8 Å². The summed E-state index contributed by atoms with van der Waals surface area (Å²) in [6.07, 6.45) is 3.22. The van der Waals surface area contributed by atoms with Gasteiger partial charge in [0.05, 0.1) is 0 Å². The molecule has 1 amide bonds. The van der Waals surface area contributed by atoms with E-state index in [-0.39, 0.29) is 11.3 Å². The van der Waals surface area contributed by atoms with Gasteiger partial charge >= 0.3 is 0 Å². The lowest BCUT2D eigenvalue weighted by atomic mass is 9.76. The smallest absolute Gasteiger partial charge is 0.231 e. The Morgan fingerprint density at radius 1 is 1.27 bits per heavy atom. The molecule has 138 valence electrons. The van der Waals surface area contributed by atoms with Crippen LogP contribution < -0.4 is 9.47 Å². The van der Waals surface area contributed by atoms with Gasteiger partial charge in [-0.3, -0.25) is 4.79 Å². The average Bonchev–Trinajstić information content (AvgIpc) is 3.24. The molecule has 0 N–H and O–H groups in total. The second kappa shape index (κ2) is 6.87. The Labute approximate surface area is 157 Å². The van der Waals surface area contributed by atoms with Crippen molar-refractivity contribution in [2.75, 3.05) is 19.9 Å². The van der Waals surface area contributed by atoms with Gasteiger partial charge in [0.1, 0.15) is 10.0 Å². The zero-order valence-corrected chi connectivity index (χ0v) is 16.0. The first-order chi connectivity index (χ1) is 12.5. The number of benzene rings is 1. The van der Waals surface area contributed by atoms with Gasteiger partial charge in [0.15, 0.2) is 11.5 Å². The molecule has 26 heavy (non-hydrogen) atoms. The third-order valence-electron chi connectivity index (χ3n) is 5.10. The van der Waals surface area contributed by atoms with Crippen molar-refractivity contribution in [2.45, 2.75) is 39.5 Å². The molecule has 1 aromatic heterocycles. The number of aryl methyl sites for hydroxylation is 1. The van der Waals surface area contributed by atoms with Crippen LogP contribution in [0.15, 0.2) is 18.2 Å². The highest BCUT2D eigenvalue weighted by Gasteiger charge is 2.35. The Hall–Kier alpha value is -2.15. The molecule has 1 atom stereocenters. The minimum Gasteiger partial charge on any atom is -0.454 e. The van der Waals surface area contributed by atoms with Gasteiger partial charge in [-0.15, -0.1) is 21.5 Å². The zero-order valence-electron chi connectivity index (χ0n) is 15.2. The van der Waals surface area contributed by atoms with Crippen LogP contribution in [-0.2, 0) is 17.6 Å². The summed E-state index contributed by atoms with van der Waals surface area (Å²) in [5.74, 6) is 1.88. The van der Waals surface area contributed by atoms with Crippen LogP contribution in [0.5, 0.6) is 11.5 Å². The number of nitrogens with zero attached hydrogens (tertiary/aromatic N) is 3. The van der Waals surface area contributed by atoms with Crippen LogP contribution in [0.2, 0.25) is 0 Å². The van der Waals surface area contributed by atoms with E-state index in [1.165, 1.54) is 5.56 Å². The molecule has 7 heteroatoms. The van der Waals surface area contributed by atoms with Gasteiger partial charge in [-0.05, 0) is 42.9 Å². The fourth-order valence-electron chi connectivity index (χ4n) is 3.76. The summed E-state index contributed by atoms with van der Waals surface area (Å²) >= 11 is 1.61. The Morgan fingerprint density at radius 2 is 2.12 bits per heavy atom. The number of carbonyl (C=O) groups excluding carboxylic acids is 1. The molecule has 1 saturated heterocycles. The molecular weight excluding hydrogens is 350 g/mol. The van der Waals surface area contributed by atoms with Crippen LogP contribution in [0, 0.1) is 12.3 Å². The largest absolute Gasteiger partial charge is 0.454 e. The number of rotatable bonds is 5. The summed E-state index contributed by atoms with van der Waals surface area (Å²) < 4.78 is 10.9. The molecule has 1 aromatic carbocycles. The fourth-order valence-corrected chi connectivity index (χ4v) is 4.45. The van der Waals surface area contributed by atoms with Crippen molar-refractivity contribution in [3.8, 4) is 11.5 Å². The van der Waals surface area contributed by atoms with Crippen LogP contribution in [-0.4, -0.2) is 40.9 Å². The molecular formula is C19H23N3O3S. The molecule has 6 nitrogen and oxygen atoms in total. The minimum absolute atomic E-state index is 0.0681. The van der Waals surface area contributed by atoms with Gasteiger partial charge < -0.3 is 14.4 Å². The Morgan fingerprint density at radius 3 is 2.92 bits per heavy atom. The van der Waals surface area contributed by atoms with Gasteiger partial charge in [0.25, 0.3) is 0 Å². The second-order valence-corrected chi connectivity index (χ2v) is 8.72. The highest BCUT2D eigenvalue weighted by Crippen LogP contribution is 2.37. The van der Waals surface area contributed by atoms with E-state index in [4.69, 9.17) is 9.47 Å². The highest BCUT2D eigenvalue weighted by atomic mass is 32.1. The number of ether oxygens (including phenoxy) is 2. The number of aromatic nitrogens is 2. The van der Waals surface area contributed by atoms with Gasteiger partial charge in [-0.2, -0.15) is 0 Å². The van der Waals surface area contributed by atoms with Crippen molar-refractivity contribution in [3.63, 3.8) is 0 Å². The van der Waals surface area contributed by atoms with Gasteiger partial charge in [-0.25, -0.2) is 0 Å². The highest BCUT2D eigenvalue weighted by molar-refractivity contribution is 7.11. The Balaban J connectivity index is 1.41. The predicted molar refractivity (Wildman–Crippen MR) is 98.5 cm³/mol. The van der Waals surface area contributed by atoms with E-state index >= 15 is 0 Å². The number of hydrogen-bond donors (Lipinski definition) is 0. The van der Waals surface area contributed by atoms with E-state index in [2.05, 4.69) is 29.3 Å². The normalized spacial score (nSPS) is 22.1. The molecule has 0 spiro atoms. The molecule has 1 fully saturated rings. The first-order valence-electron chi connectivity index (χ1n) is 8.96. The molecule has 3 heterocycles. The first kappa shape index (κ1) is 17.3. The standard InChI is InChI=1S/C19H23N3O3S/c1-13-20-21-17(26-13)6-8-22-11-19(2,7-5-18(22)23)10-14-3-4-15-16(9-14)25-12-24-15/h3-4,9H,5-8,10-12H2,1-2H3. The van der Waals surface area contributed by atoms with Crippen LogP contribution in [0.3, 0.4) is 0 Å². The van der Waals surface area contributed by atoms with E-state index in [9.17, 15) is 4.79 Å². The maximum absolute atomic E-state index is 12.4. The van der Waals surface area contributed by atoms with Crippen LogP contribution in [0.4, 0.5) is 0 Å². The van der Waals surface area contributed by atoms with E-state index in [1.54, 1.807) is 11.3 Å². The third kappa shape index (κ3) is 3.67. The van der Waals surface area contributed by atoms with Gasteiger partial charge in [-0.1, -0.05) is 13.0 Å². The molecule has 2 aliphatic rings. The predicted octanol–water partition coefficient (Wildman–Crippen LogP) is 2.99. The average molecular weight is 373 g/mol. The van der Waals surface area contributed by atoms with Crippen LogP contribution >= 0.6 is 11.3 Å². The Kier molecular flexibility index (Phi) is 4.56. The molecule has 0 bridgehead atoms. The van der Waals surface area contributed by atoms with E-state index in [0.717, 1.165) is 47.3 Å². The third-order valence-corrected chi connectivity index (χ3v) is 6.00. The maximum Gasteiger partial charge on any atom is 0.231 e. The molecule has 2 aliphatic heterocycles. The summed E-state index contributed by atoms with van der Waals surface area (Å²) in [6, 6.07) is 6.15. The van der Waals surface area contributed by atoms with Crippen molar-refractivity contribution in [3.05, 3.63) is 33.8 Å². The molecule has 0 saturated carbocycles. The lowest BCUT2D eigenvalue weighted by Crippen LogP contribution is -2.46. The quantitative estimate of drug-likeness (QED) is 0.806. The number of piperidine rings is 1. The van der Waals surface area contributed by atoms with Crippen molar-refractivity contribution in [1.82, 2.24) is 15.1 Å². The lowest BCUT2D eigenvalue weighted by molar-refractivity contribution is -0.137. The van der Waals surface area contributed by atoms with E-state index < -0.39 is 0 Å². The van der Waals surface area contributed by atoms with Crippen molar-refractivity contribution in [1.29, 1.82) is 0 Å². The first-order valence-corrected chi connectivity index (χ1v) is 9.78.